The third kappa shape index (κ3) is 3.76. The van der Waals surface area contributed by atoms with E-state index < -0.39 is 0 Å². The maximum atomic E-state index is 9.48. The fraction of sp³-hybridized carbons (Fsp3) is 0.333. The average molecular weight is 261 g/mol. The Morgan fingerprint density at radius 1 is 1.16 bits per heavy atom. The quantitative estimate of drug-likeness (QED) is 0.774. The highest BCUT2D eigenvalue weighted by Gasteiger charge is 2.12. The van der Waals surface area contributed by atoms with Crippen LogP contribution in [0.1, 0.15) is 31.2 Å². The van der Waals surface area contributed by atoms with Gasteiger partial charge in [-0.2, -0.15) is 0 Å². The number of phenols is 2. The Morgan fingerprint density at radius 2 is 1.84 bits per heavy atom. The second kappa shape index (κ2) is 5.80. The van der Waals surface area contributed by atoms with Gasteiger partial charge in [-0.05, 0) is 43.7 Å². The minimum Gasteiger partial charge on any atom is -0.508 e. The molecule has 0 radical (unpaired) electrons. The van der Waals surface area contributed by atoms with E-state index in [4.69, 9.17) is 4.42 Å². The third-order valence-electron chi connectivity index (χ3n) is 3.05. The fourth-order valence-electron chi connectivity index (χ4n) is 2.18. The second-order valence-corrected chi connectivity index (χ2v) is 4.86. The van der Waals surface area contributed by atoms with Crippen molar-refractivity contribution >= 4 is 0 Å². The molecule has 102 valence electrons. The molecular formula is C15H19NO3. The zero-order valence-electron chi connectivity index (χ0n) is 11.1. The first-order valence-electron chi connectivity index (χ1n) is 6.36. The van der Waals surface area contributed by atoms with Crippen molar-refractivity contribution in [2.45, 2.75) is 32.4 Å². The molecule has 2 atom stereocenters. The van der Waals surface area contributed by atoms with Gasteiger partial charge in [0.15, 0.2) is 0 Å². The number of benzene rings is 1. The van der Waals surface area contributed by atoms with Crippen LogP contribution in [-0.2, 0) is 6.42 Å². The molecule has 0 saturated heterocycles. The minimum absolute atomic E-state index is 0.0305. The lowest BCUT2D eigenvalue weighted by Crippen LogP contribution is -2.30. The normalized spacial score (nSPS) is 14.2. The van der Waals surface area contributed by atoms with Gasteiger partial charge in [-0.1, -0.05) is 0 Å². The molecule has 0 aliphatic carbocycles. The number of hydrogen-bond acceptors (Lipinski definition) is 4. The number of rotatable bonds is 5. The molecule has 0 aliphatic rings. The Balaban J connectivity index is 1.98. The van der Waals surface area contributed by atoms with Crippen LogP contribution < -0.4 is 5.32 Å². The topological polar surface area (TPSA) is 65.6 Å². The molecule has 2 aromatic rings. The summed E-state index contributed by atoms with van der Waals surface area (Å²) in [6, 6.07) is 8.70. The molecule has 4 heteroatoms. The fourth-order valence-corrected chi connectivity index (χ4v) is 2.18. The monoisotopic (exact) mass is 261 g/mol. The van der Waals surface area contributed by atoms with Gasteiger partial charge in [0.2, 0.25) is 0 Å². The highest BCUT2D eigenvalue weighted by Crippen LogP contribution is 2.25. The van der Waals surface area contributed by atoms with E-state index in [2.05, 4.69) is 12.2 Å². The summed E-state index contributed by atoms with van der Waals surface area (Å²) in [4.78, 5) is 0. The van der Waals surface area contributed by atoms with Gasteiger partial charge in [0.25, 0.3) is 0 Å². The molecule has 2 rings (SSSR count). The van der Waals surface area contributed by atoms with Crippen molar-refractivity contribution in [3.8, 4) is 11.5 Å². The van der Waals surface area contributed by atoms with E-state index in [0.29, 0.717) is 0 Å². The maximum Gasteiger partial charge on any atom is 0.119 e. The molecule has 0 spiro atoms. The first-order chi connectivity index (χ1) is 9.04. The molecule has 1 heterocycles. The number of nitrogens with one attached hydrogen (secondary N) is 1. The van der Waals surface area contributed by atoms with Crippen LogP contribution in [0.5, 0.6) is 11.5 Å². The summed E-state index contributed by atoms with van der Waals surface area (Å²) in [5.74, 6) is 1.08. The van der Waals surface area contributed by atoms with Gasteiger partial charge in [-0.3, -0.25) is 0 Å². The van der Waals surface area contributed by atoms with Gasteiger partial charge < -0.3 is 19.9 Å². The van der Waals surface area contributed by atoms with Crippen molar-refractivity contribution in [2.24, 2.45) is 0 Å². The molecule has 1 aromatic heterocycles. The van der Waals surface area contributed by atoms with Crippen LogP contribution in [0.4, 0.5) is 0 Å². The first kappa shape index (κ1) is 13.5. The van der Waals surface area contributed by atoms with E-state index in [9.17, 15) is 10.2 Å². The van der Waals surface area contributed by atoms with Gasteiger partial charge in [-0.15, -0.1) is 0 Å². The second-order valence-electron chi connectivity index (χ2n) is 4.86. The van der Waals surface area contributed by atoms with E-state index in [1.165, 1.54) is 6.07 Å². The summed E-state index contributed by atoms with van der Waals surface area (Å²) in [5.41, 5.74) is 0.851. The van der Waals surface area contributed by atoms with Crippen LogP contribution >= 0.6 is 0 Å². The van der Waals surface area contributed by atoms with Gasteiger partial charge in [0.05, 0.1) is 6.26 Å². The van der Waals surface area contributed by atoms with Crippen LogP contribution in [0, 0.1) is 0 Å². The number of hydrogen-bond donors (Lipinski definition) is 3. The molecule has 4 nitrogen and oxygen atoms in total. The Bertz CT molecular complexity index is 502. The van der Waals surface area contributed by atoms with E-state index in [-0.39, 0.29) is 23.6 Å². The maximum absolute atomic E-state index is 9.48. The Morgan fingerprint density at radius 3 is 2.42 bits per heavy atom. The van der Waals surface area contributed by atoms with Crippen LogP contribution in [0.15, 0.2) is 41.0 Å². The van der Waals surface area contributed by atoms with Crippen LogP contribution in [0.25, 0.3) is 0 Å². The average Bonchev–Trinajstić information content (AvgIpc) is 2.80. The molecule has 0 saturated carbocycles. The molecular weight excluding hydrogens is 242 g/mol. The number of aromatic hydroxyl groups is 2. The molecule has 19 heavy (non-hydrogen) atoms. The van der Waals surface area contributed by atoms with Crippen molar-refractivity contribution in [3.05, 3.63) is 47.9 Å². The lowest BCUT2D eigenvalue weighted by Gasteiger charge is -2.20. The van der Waals surface area contributed by atoms with Crippen LogP contribution in [0.2, 0.25) is 0 Å². The Kier molecular flexibility index (Phi) is 4.12. The van der Waals surface area contributed by atoms with Gasteiger partial charge in [0.1, 0.15) is 17.3 Å². The van der Waals surface area contributed by atoms with E-state index in [1.807, 2.05) is 19.1 Å². The molecule has 1 aromatic carbocycles. The summed E-state index contributed by atoms with van der Waals surface area (Å²) in [6.45, 7) is 4.06. The highest BCUT2D eigenvalue weighted by atomic mass is 16.3. The summed E-state index contributed by atoms with van der Waals surface area (Å²) in [6.07, 6.45) is 2.46. The van der Waals surface area contributed by atoms with Crippen molar-refractivity contribution in [2.75, 3.05) is 0 Å². The van der Waals surface area contributed by atoms with Crippen molar-refractivity contribution in [3.63, 3.8) is 0 Å². The van der Waals surface area contributed by atoms with Crippen molar-refractivity contribution in [1.29, 1.82) is 0 Å². The third-order valence-corrected chi connectivity index (χ3v) is 3.05. The molecule has 3 N–H and O–H groups in total. The molecule has 2 unspecified atom stereocenters. The van der Waals surface area contributed by atoms with Gasteiger partial charge in [0, 0.05) is 24.6 Å². The summed E-state index contributed by atoms with van der Waals surface area (Å²) in [7, 11) is 0. The largest absolute Gasteiger partial charge is 0.508 e. The SMILES string of the molecule is CC(Cc1ccco1)NC(C)c1cc(O)cc(O)c1. The van der Waals surface area contributed by atoms with E-state index >= 15 is 0 Å². The number of phenolic OH excluding ortho intramolecular Hbond substituents is 2. The predicted octanol–water partition coefficient (Wildman–Crippen LogP) is 2.97. The Labute approximate surface area is 112 Å². The van der Waals surface area contributed by atoms with E-state index in [1.54, 1.807) is 18.4 Å². The molecule has 0 bridgehead atoms. The predicted molar refractivity (Wildman–Crippen MR) is 73.2 cm³/mol. The molecule has 0 fully saturated rings. The van der Waals surface area contributed by atoms with Crippen LogP contribution in [-0.4, -0.2) is 16.3 Å². The lowest BCUT2D eigenvalue weighted by molar-refractivity contribution is 0.421. The summed E-state index contributed by atoms with van der Waals surface area (Å²) in [5, 5.41) is 22.4. The zero-order chi connectivity index (χ0) is 13.8. The number of furan rings is 1. The summed E-state index contributed by atoms with van der Waals surface area (Å²) < 4.78 is 5.31. The summed E-state index contributed by atoms with van der Waals surface area (Å²) >= 11 is 0. The van der Waals surface area contributed by atoms with Crippen molar-refractivity contribution < 1.29 is 14.6 Å². The van der Waals surface area contributed by atoms with Crippen LogP contribution in [0.3, 0.4) is 0 Å². The Hall–Kier alpha value is -1.94. The molecule has 0 amide bonds. The zero-order valence-corrected chi connectivity index (χ0v) is 11.1. The molecule has 0 aliphatic heterocycles. The van der Waals surface area contributed by atoms with Gasteiger partial charge >= 0.3 is 0 Å². The van der Waals surface area contributed by atoms with Crippen molar-refractivity contribution in [1.82, 2.24) is 5.32 Å². The van der Waals surface area contributed by atoms with E-state index in [0.717, 1.165) is 17.7 Å². The highest BCUT2D eigenvalue weighted by molar-refractivity contribution is 5.37. The minimum atomic E-state index is 0.0305. The standard InChI is InChI=1S/C15H19NO3/c1-10(6-15-4-3-5-19-15)16-11(2)12-7-13(17)9-14(18)8-12/h3-5,7-11,16-18H,6H2,1-2H3. The first-order valence-corrected chi connectivity index (χ1v) is 6.36. The smallest absolute Gasteiger partial charge is 0.119 e. The van der Waals surface area contributed by atoms with Gasteiger partial charge in [-0.25, -0.2) is 0 Å². The lowest BCUT2D eigenvalue weighted by atomic mass is 10.1.